The summed E-state index contributed by atoms with van der Waals surface area (Å²) in [7, 11) is 0. The molecule has 0 amide bonds. The Morgan fingerprint density at radius 2 is 1.88 bits per heavy atom. The van der Waals surface area contributed by atoms with Crippen molar-refractivity contribution in [2.24, 2.45) is 0 Å². The number of aromatic nitrogens is 2. The van der Waals surface area contributed by atoms with E-state index in [-0.39, 0.29) is 5.69 Å². The molecule has 0 saturated carbocycles. The Bertz CT molecular complexity index is 580. The van der Waals surface area contributed by atoms with Crippen LogP contribution in [0.2, 0.25) is 0 Å². The van der Waals surface area contributed by atoms with E-state index >= 15 is 0 Å². The van der Waals surface area contributed by atoms with Crippen molar-refractivity contribution >= 4 is 22.6 Å². The number of fused-ring (bicyclic) bond motifs is 1. The van der Waals surface area contributed by atoms with Crippen LogP contribution in [-0.2, 0) is 13.1 Å². The number of halogens is 1. The summed E-state index contributed by atoms with van der Waals surface area (Å²) < 4.78 is 3.48. The number of hydrogen-bond acceptors (Lipinski definition) is 1. The van der Waals surface area contributed by atoms with Gasteiger partial charge in [-0.1, -0.05) is 29.8 Å². The number of aryl methyl sites for hydroxylation is 1. The first-order chi connectivity index (χ1) is 7.79. The monoisotopic (exact) mass is 236 g/mol. The summed E-state index contributed by atoms with van der Waals surface area (Å²) in [5, 5.41) is 0. The summed E-state index contributed by atoms with van der Waals surface area (Å²) in [4.78, 5) is 12.1. The number of benzene rings is 1. The van der Waals surface area contributed by atoms with Crippen molar-refractivity contribution in [2.75, 3.05) is 0 Å². The predicted octanol–water partition coefficient (Wildman–Crippen LogP) is 2.58. The average molecular weight is 237 g/mol. The number of allylic oxidation sites excluding steroid dienone is 1. The Morgan fingerprint density at radius 3 is 2.44 bits per heavy atom. The molecule has 0 fully saturated rings. The van der Waals surface area contributed by atoms with E-state index in [1.54, 1.807) is 15.2 Å². The van der Waals surface area contributed by atoms with Crippen molar-refractivity contribution in [1.82, 2.24) is 9.13 Å². The minimum absolute atomic E-state index is 0.0125. The largest absolute Gasteiger partial charge is 0.329 e. The average Bonchev–Trinajstić information content (AvgIpc) is 2.58. The third-order valence-corrected chi connectivity index (χ3v) is 2.80. The molecular weight excluding hydrogens is 224 g/mol. The number of para-hydroxylation sites is 2. The molecule has 0 spiro atoms. The van der Waals surface area contributed by atoms with Crippen molar-refractivity contribution in [1.29, 1.82) is 0 Å². The predicted molar refractivity (Wildman–Crippen MR) is 66.9 cm³/mol. The van der Waals surface area contributed by atoms with Crippen LogP contribution in [0.1, 0.15) is 6.92 Å². The minimum atomic E-state index is 0.0125. The fraction of sp³-hybridized carbons (Fsp3) is 0.250. The molecular formula is C12H13ClN2O. The topological polar surface area (TPSA) is 26.9 Å². The van der Waals surface area contributed by atoms with Gasteiger partial charge in [-0.05, 0) is 19.1 Å². The molecule has 0 radical (unpaired) electrons. The van der Waals surface area contributed by atoms with Gasteiger partial charge in [0.25, 0.3) is 0 Å². The lowest BCUT2D eigenvalue weighted by atomic mass is 10.3. The standard InChI is InChI=1S/C12H13ClN2O/c1-2-14-10-6-3-4-7-11(10)15(12(14)16)9-5-8-13/h3-8H,2,9H2,1H3/b8-5+. The zero-order chi connectivity index (χ0) is 11.5. The van der Waals surface area contributed by atoms with E-state index in [1.165, 1.54) is 5.54 Å². The van der Waals surface area contributed by atoms with Gasteiger partial charge in [0.15, 0.2) is 0 Å². The number of hydrogen-bond donors (Lipinski definition) is 0. The molecule has 2 rings (SSSR count). The second-order valence-corrected chi connectivity index (χ2v) is 3.74. The van der Waals surface area contributed by atoms with E-state index in [9.17, 15) is 4.79 Å². The zero-order valence-corrected chi connectivity index (χ0v) is 9.81. The molecule has 0 aliphatic rings. The molecule has 3 nitrogen and oxygen atoms in total. The number of rotatable bonds is 3. The lowest BCUT2D eigenvalue weighted by Gasteiger charge is -1.96. The number of imidazole rings is 1. The van der Waals surface area contributed by atoms with Crippen molar-refractivity contribution in [3.8, 4) is 0 Å². The molecule has 1 heterocycles. The van der Waals surface area contributed by atoms with Crippen LogP contribution < -0.4 is 5.69 Å². The van der Waals surface area contributed by atoms with Gasteiger partial charge in [-0.3, -0.25) is 9.13 Å². The summed E-state index contributed by atoms with van der Waals surface area (Å²) >= 11 is 5.49. The van der Waals surface area contributed by atoms with Crippen LogP contribution in [0.4, 0.5) is 0 Å². The third-order valence-electron chi connectivity index (χ3n) is 2.62. The van der Waals surface area contributed by atoms with Gasteiger partial charge in [0.05, 0.1) is 11.0 Å². The highest BCUT2D eigenvalue weighted by atomic mass is 35.5. The van der Waals surface area contributed by atoms with E-state index in [4.69, 9.17) is 11.6 Å². The second kappa shape index (κ2) is 4.58. The van der Waals surface area contributed by atoms with Crippen LogP contribution >= 0.6 is 11.6 Å². The van der Waals surface area contributed by atoms with Crippen LogP contribution in [0, 0.1) is 0 Å². The third kappa shape index (κ3) is 1.67. The van der Waals surface area contributed by atoms with Crippen molar-refractivity contribution in [3.63, 3.8) is 0 Å². The van der Waals surface area contributed by atoms with E-state index < -0.39 is 0 Å². The number of nitrogens with zero attached hydrogens (tertiary/aromatic N) is 2. The highest BCUT2D eigenvalue weighted by Crippen LogP contribution is 2.12. The summed E-state index contributed by atoms with van der Waals surface area (Å²) in [5.74, 6) is 0. The molecule has 84 valence electrons. The van der Waals surface area contributed by atoms with Crippen LogP contribution in [0.25, 0.3) is 11.0 Å². The Morgan fingerprint density at radius 1 is 1.25 bits per heavy atom. The second-order valence-electron chi connectivity index (χ2n) is 3.49. The molecule has 0 N–H and O–H groups in total. The van der Waals surface area contributed by atoms with Crippen LogP contribution in [-0.4, -0.2) is 9.13 Å². The van der Waals surface area contributed by atoms with Crippen molar-refractivity contribution in [3.05, 3.63) is 46.4 Å². The SMILES string of the molecule is CCn1c(=O)n(C/C=C/Cl)c2ccccc21. The summed E-state index contributed by atoms with van der Waals surface area (Å²) in [5.41, 5.74) is 3.37. The van der Waals surface area contributed by atoms with Crippen LogP contribution in [0.5, 0.6) is 0 Å². The summed E-state index contributed by atoms with van der Waals surface area (Å²) in [6, 6.07) is 7.78. The molecule has 1 aromatic heterocycles. The van der Waals surface area contributed by atoms with E-state index in [0.29, 0.717) is 13.1 Å². The molecule has 0 bridgehead atoms. The lowest BCUT2D eigenvalue weighted by molar-refractivity contribution is 0.691. The molecule has 4 heteroatoms. The van der Waals surface area contributed by atoms with Crippen molar-refractivity contribution < 1.29 is 0 Å². The first kappa shape index (κ1) is 11.0. The first-order valence-electron chi connectivity index (χ1n) is 5.23. The molecule has 0 unspecified atom stereocenters. The molecule has 1 aromatic carbocycles. The van der Waals surface area contributed by atoms with Crippen molar-refractivity contribution in [2.45, 2.75) is 20.0 Å². The normalized spacial score (nSPS) is 11.6. The highest BCUT2D eigenvalue weighted by Gasteiger charge is 2.09. The van der Waals surface area contributed by atoms with Gasteiger partial charge in [0.1, 0.15) is 0 Å². The molecule has 0 atom stereocenters. The maximum Gasteiger partial charge on any atom is 0.329 e. The highest BCUT2D eigenvalue weighted by molar-refractivity contribution is 6.25. The van der Waals surface area contributed by atoms with E-state index in [0.717, 1.165) is 11.0 Å². The smallest absolute Gasteiger partial charge is 0.292 e. The van der Waals surface area contributed by atoms with Gasteiger partial charge in [-0.25, -0.2) is 4.79 Å². The van der Waals surface area contributed by atoms with Crippen LogP contribution in [0.3, 0.4) is 0 Å². The Balaban J connectivity index is 2.72. The molecule has 0 aliphatic carbocycles. The quantitative estimate of drug-likeness (QED) is 0.805. The fourth-order valence-corrected chi connectivity index (χ4v) is 1.98. The van der Waals surface area contributed by atoms with Gasteiger partial charge >= 0.3 is 5.69 Å². The molecule has 0 aliphatic heterocycles. The zero-order valence-electron chi connectivity index (χ0n) is 9.06. The summed E-state index contributed by atoms with van der Waals surface area (Å²) in [6.45, 7) is 3.16. The van der Waals surface area contributed by atoms with Gasteiger partial charge in [-0.2, -0.15) is 0 Å². The Hall–Kier alpha value is -1.48. The maximum atomic E-state index is 12.1. The molecule has 2 aromatic rings. The minimum Gasteiger partial charge on any atom is -0.292 e. The van der Waals surface area contributed by atoms with E-state index in [1.807, 2.05) is 31.2 Å². The van der Waals surface area contributed by atoms with Gasteiger partial charge in [0, 0.05) is 18.6 Å². The Labute approximate surface area is 98.6 Å². The molecule has 16 heavy (non-hydrogen) atoms. The fourth-order valence-electron chi connectivity index (χ4n) is 1.90. The lowest BCUT2D eigenvalue weighted by Crippen LogP contribution is -2.23. The molecule has 0 saturated heterocycles. The maximum absolute atomic E-state index is 12.1. The first-order valence-corrected chi connectivity index (χ1v) is 5.66. The Kier molecular flexibility index (Phi) is 3.15. The van der Waals surface area contributed by atoms with Gasteiger partial charge in [-0.15, -0.1) is 0 Å². The van der Waals surface area contributed by atoms with E-state index in [2.05, 4.69) is 0 Å². The van der Waals surface area contributed by atoms with Crippen LogP contribution in [0.15, 0.2) is 40.7 Å². The van der Waals surface area contributed by atoms with Gasteiger partial charge in [0.2, 0.25) is 0 Å². The van der Waals surface area contributed by atoms with Gasteiger partial charge < -0.3 is 0 Å². The summed E-state index contributed by atoms with van der Waals surface area (Å²) in [6.07, 6.45) is 1.76.